The molecule has 3 N–H and O–H groups in total. The van der Waals surface area contributed by atoms with E-state index in [4.69, 9.17) is 10.7 Å². The minimum absolute atomic E-state index is 0.119. The molecule has 1 saturated heterocycles. The Hall–Kier alpha value is -3.16. The third-order valence-corrected chi connectivity index (χ3v) is 6.23. The summed E-state index contributed by atoms with van der Waals surface area (Å²) < 4.78 is 4.34. The molecule has 2 unspecified atom stereocenters. The lowest BCUT2D eigenvalue weighted by Gasteiger charge is -2.34. The zero-order valence-corrected chi connectivity index (χ0v) is 17.8. The van der Waals surface area contributed by atoms with Gasteiger partial charge in [-0.3, -0.25) is 4.79 Å². The van der Waals surface area contributed by atoms with Crippen molar-refractivity contribution < 1.29 is 9.90 Å². The van der Waals surface area contributed by atoms with Crippen LogP contribution in [0.15, 0.2) is 48.5 Å². The topological polar surface area (TPSA) is 89.3 Å². The molecule has 160 valence electrons. The van der Waals surface area contributed by atoms with Crippen molar-refractivity contribution in [3.05, 3.63) is 54.1 Å². The van der Waals surface area contributed by atoms with Gasteiger partial charge in [0, 0.05) is 49.2 Å². The minimum Gasteiger partial charge on any atom is -0.391 e. The molecular formula is C24H27N5O2. The summed E-state index contributed by atoms with van der Waals surface area (Å²) in [5, 5.41) is 11.2. The Kier molecular flexibility index (Phi) is 4.79. The molecule has 0 radical (unpaired) electrons. The quantitative estimate of drug-likeness (QED) is 0.536. The van der Waals surface area contributed by atoms with E-state index in [-0.39, 0.29) is 11.9 Å². The third kappa shape index (κ3) is 3.30. The number of likely N-dealkylation sites (tertiary alicyclic amines) is 1. The number of aliphatic hydroxyl groups is 1. The number of carbonyl (C=O) groups is 1. The third-order valence-electron chi connectivity index (χ3n) is 6.23. The number of rotatable bonds is 3. The standard InChI is InChI=1S/C24H27N5O2/c1-3-29-20-7-5-4-6-15(20)11-22(29)23-26-19-10-16(8-9-21(19)27(23)2)24(31)28-13-17(25)12-18(30)14-28/h4-11,17-18,30H,3,12-14,25H2,1-2H3. The molecule has 1 fully saturated rings. The van der Waals surface area contributed by atoms with E-state index in [9.17, 15) is 9.90 Å². The highest BCUT2D eigenvalue weighted by molar-refractivity contribution is 5.98. The van der Waals surface area contributed by atoms with Crippen LogP contribution in [0.25, 0.3) is 33.5 Å². The number of benzene rings is 2. The second-order valence-corrected chi connectivity index (χ2v) is 8.39. The zero-order valence-electron chi connectivity index (χ0n) is 17.8. The molecule has 2 aromatic carbocycles. The van der Waals surface area contributed by atoms with Gasteiger partial charge in [-0.05, 0) is 43.7 Å². The summed E-state index contributed by atoms with van der Waals surface area (Å²) in [6, 6.07) is 15.9. The number of amides is 1. The molecule has 2 atom stereocenters. The highest BCUT2D eigenvalue weighted by Crippen LogP contribution is 2.30. The number of aryl methyl sites for hydroxylation is 2. The Bertz CT molecular complexity index is 1280. The number of imidazole rings is 1. The van der Waals surface area contributed by atoms with Gasteiger partial charge in [0.05, 0.1) is 22.8 Å². The van der Waals surface area contributed by atoms with Crippen molar-refractivity contribution >= 4 is 27.8 Å². The van der Waals surface area contributed by atoms with Crippen LogP contribution in [-0.4, -0.2) is 55.3 Å². The Morgan fingerprint density at radius 3 is 2.74 bits per heavy atom. The molecule has 1 aliphatic rings. The fraction of sp³-hybridized carbons (Fsp3) is 0.333. The van der Waals surface area contributed by atoms with Gasteiger partial charge in [0.15, 0.2) is 5.82 Å². The average Bonchev–Trinajstić information content (AvgIpc) is 3.29. The molecule has 4 aromatic rings. The van der Waals surface area contributed by atoms with Gasteiger partial charge < -0.3 is 24.9 Å². The normalized spacial score (nSPS) is 19.4. The van der Waals surface area contributed by atoms with Gasteiger partial charge in [-0.25, -0.2) is 4.98 Å². The summed E-state index contributed by atoms with van der Waals surface area (Å²) in [4.78, 5) is 19.6. The molecule has 0 saturated carbocycles. The number of nitrogens with two attached hydrogens (primary N) is 1. The molecule has 7 heteroatoms. The first-order valence-corrected chi connectivity index (χ1v) is 10.7. The van der Waals surface area contributed by atoms with Crippen LogP contribution in [0.4, 0.5) is 0 Å². The Morgan fingerprint density at radius 2 is 1.97 bits per heavy atom. The van der Waals surface area contributed by atoms with E-state index in [1.807, 2.05) is 31.3 Å². The lowest BCUT2D eigenvalue weighted by Crippen LogP contribution is -2.51. The number of β-amino-alcohol motifs (C(OH)–C–C–N with tert-alkyl or cyclic N) is 1. The lowest BCUT2D eigenvalue weighted by molar-refractivity contribution is 0.0424. The molecule has 7 nitrogen and oxygen atoms in total. The zero-order chi connectivity index (χ0) is 21.7. The first-order chi connectivity index (χ1) is 15.0. The van der Waals surface area contributed by atoms with E-state index >= 15 is 0 Å². The number of nitrogens with zero attached hydrogens (tertiary/aromatic N) is 4. The fourth-order valence-electron chi connectivity index (χ4n) is 4.76. The van der Waals surface area contributed by atoms with Gasteiger partial charge in [-0.1, -0.05) is 18.2 Å². The van der Waals surface area contributed by atoms with Crippen LogP contribution in [-0.2, 0) is 13.6 Å². The summed E-state index contributed by atoms with van der Waals surface area (Å²) in [7, 11) is 2.00. The number of hydrogen-bond acceptors (Lipinski definition) is 4. The molecule has 1 amide bonds. The molecule has 2 aromatic heterocycles. The van der Waals surface area contributed by atoms with Crippen molar-refractivity contribution in [1.29, 1.82) is 0 Å². The van der Waals surface area contributed by atoms with Crippen LogP contribution in [0.1, 0.15) is 23.7 Å². The Labute approximate surface area is 180 Å². The van der Waals surface area contributed by atoms with Gasteiger partial charge >= 0.3 is 0 Å². The number of hydrogen-bond donors (Lipinski definition) is 2. The molecule has 0 spiro atoms. The molecule has 1 aliphatic heterocycles. The molecule has 3 heterocycles. The molecule has 0 aliphatic carbocycles. The number of carbonyl (C=O) groups excluding carboxylic acids is 1. The largest absolute Gasteiger partial charge is 0.391 e. The van der Waals surface area contributed by atoms with E-state index in [1.54, 1.807) is 4.90 Å². The monoisotopic (exact) mass is 417 g/mol. The molecule has 31 heavy (non-hydrogen) atoms. The van der Waals surface area contributed by atoms with E-state index in [1.165, 1.54) is 10.9 Å². The maximum absolute atomic E-state index is 13.0. The number of aromatic nitrogens is 3. The summed E-state index contributed by atoms with van der Waals surface area (Å²) in [5.74, 6) is 0.749. The van der Waals surface area contributed by atoms with Gasteiger partial charge in [0.1, 0.15) is 0 Å². The summed E-state index contributed by atoms with van der Waals surface area (Å²) in [6.07, 6.45) is -0.0495. The molecular weight excluding hydrogens is 390 g/mol. The SMILES string of the molecule is CCn1c(-c2nc3cc(C(=O)N4CC(N)CC(O)C4)ccc3n2C)cc2ccccc21. The van der Waals surface area contributed by atoms with Gasteiger partial charge in [0.2, 0.25) is 0 Å². The number of piperidine rings is 1. The predicted molar refractivity (Wildman–Crippen MR) is 122 cm³/mol. The molecule has 0 bridgehead atoms. The average molecular weight is 418 g/mol. The number of aliphatic hydroxyl groups excluding tert-OH is 1. The lowest BCUT2D eigenvalue weighted by atomic mass is 10.0. The van der Waals surface area contributed by atoms with E-state index in [0.717, 1.165) is 29.1 Å². The van der Waals surface area contributed by atoms with Crippen LogP contribution in [0, 0.1) is 0 Å². The van der Waals surface area contributed by atoms with E-state index in [2.05, 4.69) is 40.3 Å². The fourth-order valence-corrected chi connectivity index (χ4v) is 4.76. The minimum atomic E-state index is -0.575. The maximum atomic E-state index is 13.0. The van der Waals surface area contributed by atoms with Crippen molar-refractivity contribution in [2.45, 2.75) is 32.0 Å². The van der Waals surface area contributed by atoms with Crippen LogP contribution in [0.3, 0.4) is 0 Å². The second-order valence-electron chi connectivity index (χ2n) is 8.39. The van der Waals surface area contributed by atoms with Gasteiger partial charge in [0.25, 0.3) is 5.91 Å². The van der Waals surface area contributed by atoms with Crippen LogP contribution in [0.2, 0.25) is 0 Å². The smallest absolute Gasteiger partial charge is 0.254 e. The van der Waals surface area contributed by atoms with Gasteiger partial charge in [-0.2, -0.15) is 0 Å². The number of fused-ring (bicyclic) bond motifs is 2. The van der Waals surface area contributed by atoms with Crippen molar-refractivity contribution in [3.8, 4) is 11.5 Å². The summed E-state index contributed by atoms with van der Waals surface area (Å²) in [6.45, 7) is 3.74. The van der Waals surface area contributed by atoms with Crippen molar-refractivity contribution in [2.75, 3.05) is 13.1 Å². The Morgan fingerprint density at radius 1 is 1.16 bits per heavy atom. The van der Waals surface area contributed by atoms with E-state index < -0.39 is 6.10 Å². The molecule has 5 rings (SSSR count). The number of para-hydroxylation sites is 1. The van der Waals surface area contributed by atoms with Crippen LogP contribution >= 0.6 is 0 Å². The first kappa shape index (κ1) is 19.8. The predicted octanol–water partition coefficient (Wildman–Crippen LogP) is 2.75. The first-order valence-electron chi connectivity index (χ1n) is 10.7. The maximum Gasteiger partial charge on any atom is 0.254 e. The van der Waals surface area contributed by atoms with E-state index in [0.29, 0.717) is 25.1 Å². The highest BCUT2D eigenvalue weighted by atomic mass is 16.3. The van der Waals surface area contributed by atoms with Crippen molar-refractivity contribution in [2.24, 2.45) is 12.8 Å². The van der Waals surface area contributed by atoms with Crippen LogP contribution in [0.5, 0.6) is 0 Å². The Balaban J connectivity index is 1.56. The second kappa shape index (κ2) is 7.51. The van der Waals surface area contributed by atoms with Gasteiger partial charge in [-0.15, -0.1) is 0 Å². The van der Waals surface area contributed by atoms with Crippen molar-refractivity contribution in [1.82, 2.24) is 19.0 Å². The summed E-state index contributed by atoms with van der Waals surface area (Å²) in [5.41, 5.74) is 10.5. The van der Waals surface area contributed by atoms with Crippen LogP contribution < -0.4 is 5.73 Å². The highest BCUT2D eigenvalue weighted by Gasteiger charge is 2.28. The summed E-state index contributed by atoms with van der Waals surface area (Å²) >= 11 is 0. The van der Waals surface area contributed by atoms with Crippen molar-refractivity contribution in [3.63, 3.8) is 0 Å².